The van der Waals surface area contributed by atoms with E-state index in [4.69, 9.17) is 4.74 Å². The first-order chi connectivity index (χ1) is 11.3. The first kappa shape index (κ1) is 20.4. The molecule has 1 atom stereocenters. The molecular formula is C16H22IN3O4. The second-order valence-corrected chi connectivity index (χ2v) is 6.52. The van der Waals surface area contributed by atoms with Gasteiger partial charge < -0.3 is 20.7 Å². The van der Waals surface area contributed by atoms with Crippen LogP contribution in [0, 0.1) is 5.92 Å². The van der Waals surface area contributed by atoms with Crippen LogP contribution < -0.4 is 16.0 Å². The Bertz CT molecular complexity index is 575. The van der Waals surface area contributed by atoms with Crippen molar-refractivity contribution in [1.29, 1.82) is 0 Å². The van der Waals surface area contributed by atoms with Crippen molar-refractivity contribution in [3.63, 3.8) is 0 Å². The van der Waals surface area contributed by atoms with E-state index in [2.05, 4.69) is 16.0 Å². The number of rotatable bonds is 8. The van der Waals surface area contributed by atoms with Crippen molar-refractivity contribution in [2.24, 2.45) is 5.92 Å². The van der Waals surface area contributed by atoms with Gasteiger partial charge in [0.15, 0.2) is 0 Å². The minimum Gasteiger partial charge on any atom is -0.380 e. The Morgan fingerprint density at radius 3 is 2.29 bits per heavy atom. The van der Waals surface area contributed by atoms with Gasteiger partial charge in [0, 0.05) is 35.4 Å². The molecule has 1 rings (SSSR count). The number of carbonyl (C=O) groups is 3. The number of anilines is 1. The fourth-order valence-electron chi connectivity index (χ4n) is 1.99. The van der Waals surface area contributed by atoms with Gasteiger partial charge in [0.1, 0.15) is 6.04 Å². The third-order valence-electron chi connectivity index (χ3n) is 3.19. The lowest BCUT2D eigenvalue weighted by Gasteiger charge is -2.20. The molecule has 0 bridgehead atoms. The van der Waals surface area contributed by atoms with E-state index in [1.807, 2.05) is 26.0 Å². The normalized spacial score (nSPS) is 11.7. The highest BCUT2D eigenvalue weighted by Crippen LogP contribution is 2.10. The maximum absolute atomic E-state index is 12.1. The molecule has 3 amide bonds. The molecule has 1 aromatic rings. The number of halogens is 1. The molecule has 8 heteroatoms. The van der Waals surface area contributed by atoms with E-state index in [0.29, 0.717) is 12.3 Å². The van der Waals surface area contributed by atoms with E-state index in [-0.39, 0.29) is 28.2 Å². The predicted octanol–water partition coefficient (Wildman–Crippen LogP) is 2.06. The minimum absolute atomic E-state index is 0.0832. The van der Waals surface area contributed by atoms with Crippen molar-refractivity contribution in [2.75, 3.05) is 19.0 Å². The molecule has 3 N–H and O–H groups in total. The number of ether oxygens (including phenoxy) is 1. The van der Waals surface area contributed by atoms with Crippen LogP contribution in [-0.2, 0) is 20.9 Å². The standard InChI is InChI=1S/C16H22IN3O4/c1-10(2)14(20-16(17)23)15(22)18-8-13(21)19-12-6-4-11(5-7-12)9-24-3/h4-7,10,14H,8-9H2,1-3H3,(H,18,22)(H,19,21)(H,20,23)/t14-/m0/s1. The van der Waals surface area contributed by atoms with Gasteiger partial charge in [0.2, 0.25) is 11.8 Å². The number of hydrogen-bond acceptors (Lipinski definition) is 4. The molecule has 0 saturated heterocycles. The van der Waals surface area contributed by atoms with Gasteiger partial charge in [0.25, 0.3) is 3.91 Å². The topological polar surface area (TPSA) is 96.5 Å². The van der Waals surface area contributed by atoms with Crippen LogP contribution in [0.5, 0.6) is 0 Å². The van der Waals surface area contributed by atoms with Crippen molar-refractivity contribution >= 4 is 44.0 Å². The molecule has 1 aromatic carbocycles. The van der Waals surface area contributed by atoms with Gasteiger partial charge in [-0.1, -0.05) is 26.0 Å². The molecule has 0 aromatic heterocycles. The summed E-state index contributed by atoms with van der Waals surface area (Å²) in [6.45, 7) is 3.97. The number of carbonyl (C=O) groups excluding carboxylic acids is 3. The molecule has 0 aliphatic rings. The number of benzene rings is 1. The van der Waals surface area contributed by atoms with Gasteiger partial charge in [-0.25, -0.2) is 0 Å². The van der Waals surface area contributed by atoms with Crippen LogP contribution in [0.4, 0.5) is 10.5 Å². The van der Waals surface area contributed by atoms with Gasteiger partial charge in [0.05, 0.1) is 13.2 Å². The molecule has 7 nitrogen and oxygen atoms in total. The minimum atomic E-state index is -0.671. The molecule has 0 radical (unpaired) electrons. The zero-order valence-corrected chi connectivity index (χ0v) is 16.0. The number of hydrogen-bond donors (Lipinski definition) is 3. The second kappa shape index (κ2) is 10.2. The summed E-state index contributed by atoms with van der Waals surface area (Å²) in [6, 6.07) is 6.56. The average molecular weight is 447 g/mol. The Morgan fingerprint density at radius 1 is 1.17 bits per heavy atom. The monoisotopic (exact) mass is 447 g/mol. The van der Waals surface area contributed by atoms with E-state index in [1.165, 1.54) is 0 Å². The summed E-state index contributed by atoms with van der Waals surface area (Å²) in [4.78, 5) is 35.1. The SMILES string of the molecule is COCc1ccc(NC(=O)CNC(=O)[C@@H](NC(=O)I)C(C)C)cc1. The average Bonchev–Trinajstić information content (AvgIpc) is 2.52. The van der Waals surface area contributed by atoms with E-state index in [0.717, 1.165) is 5.56 Å². The smallest absolute Gasteiger partial charge is 0.281 e. The van der Waals surface area contributed by atoms with Crippen LogP contribution in [0.25, 0.3) is 0 Å². The van der Waals surface area contributed by atoms with E-state index in [1.54, 1.807) is 41.8 Å². The maximum Gasteiger partial charge on any atom is 0.281 e. The largest absolute Gasteiger partial charge is 0.380 e. The summed E-state index contributed by atoms with van der Waals surface area (Å²) >= 11 is 1.57. The highest BCUT2D eigenvalue weighted by molar-refractivity contribution is 14.1. The molecule has 0 heterocycles. The van der Waals surface area contributed by atoms with E-state index >= 15 is 0 Å². The van der Waals surface area contributed by atoms with Crippen LogP contribution in [0.15, 0.2) is 24.3 Å². The fraction of sp³-hybridized carbons (Fsp3) is 0.438. The van der Waals surface area contributed by atoms with Crippen molar-refractivity contribution < 1.29 is 19.1 Å². The third-order valence-corrected chi connectivity index (χ3v) is 3.50. The summed E-state index contributed by atoms with van der Waals surface area (Å²) in [7, 11) is 1.61. The summed E-state index contributed by atoms with van der Waals surface area (Å²) in [5, 5.41) is 7.79. The molecule has 0 aliphatic carbocycles. The molecule has 132 valence electrons. The summed E-state index contributed by atoms with van der Waals surface area (Å²) < 4.78 is 4.70. The Kier molecular flexibility index (Phi) is 8.69. The summed E-state index contributed by atoms with van der Waals surface area (Å²) in [5.74, 6) is -0.813. The highest BCUT2D eigenvalue weighted by Gasteiger charge is 2.23. The van der Waals surface area contributed by atoms with Gasteiger partial charge in [-0.3, -0.25) is 14.4 Å². The lowest BCUT2D eigenvalue weighted by molar-refractivity contribution is -0.126. The highest BCUT2D eigenvalue weighted by atomic mass is 127. The molecule has 0 aliphatic heterocycles. The molecule has 0 fully saturated rings. The van der Waals surface area contributed by atoms with Crippen LogP contribution in [0.1, 0.15) is 19.4 Å². The second-order valence-electron chi connectivity index (χ2n) is 5.54. The van der Waals surface area contributed by atoms with Crippen LogP contribution in [-0.4, -0.2) is 35.4 Å². The molecule has 0 unspecified atom stereocenters. The Morgan fingerprint density at radius 2 is 1.79 bits per heavy atom. The maximum atomic E-state index is 12.1. The van der Waals surface area contributed by atoms with E-state index in [9.17, 15) is 14.4 Å². The summed E-state index contributed by atoms with van der Waals surface area (Å²) in [6.07, 6.45) is 0. The number of methoxy groups -OCH3 is 1. The van der Waals surface area contributed by atoms with Crippen molar-refractivity contribution in [3.05, 3.63) is 29.8 Å². The first-order valence-electron chi connectivity index (χ1n) is 7.45. The summed E-state index contributed by atoms with van der Waals surface area (Å²) in [5.41, 5.74) is 1.63. The Balaban J connectivity index is 2.49. The molecule has 0 spiro atoms. The van der Waals surface area contributed by atoms with Gasteiger partial charge in [-0.05, 0) is 23.6 Å². The van der Waals surface area contributed by atoms with Crippen LogP contribution >= 0.6 is 22.6 Å². The lowest BCUT2D eigenvalue weighted by atomic mass is 10.0. The molecule has 0 saturated carbocycles. The van der Waals surface area contributed by atoms with Crippen LogP contribution in [0.3, 0.4) is 0 Å². The molecule has 24 heavy (non-hydrogen) atoms. The fourth-order valence-corrected chi connectivity index (χ4v) is 2.33. The van der Waals surface area contributed by atoms with Crippen molar-refractivity contribution in [2.45, 2.75) is 26.5 Å². The van der Waals surface area contributed by atoms with Gasteiger partial charge in [-0.15, -0.1) is 0 Å². The Hall–Kier alpha value is -1.68. The first-order valence-corrected chi connectivity index (χ1v) is 8.52. The molecular weight excluding hydrogens is 425 g/mol. The lowest BCUT2D eigenvalue weighted by Crippen LogP contribution is -2.49. The third kappa shape index (κ3) is 7.26. The van der Waals surface area contributed by atoms with Crippen molar-refractivity contribution in [3.8, 4) is 0 Å². The van der Waals surface area contributed by atoms with E-state index < -0.39 is 6.04 Å². The predicted molar refractivity (Wildman–Crippen MR) is 100.0 cm³/mol. The quantitative estimate of drug-likeness (QED) is 0.323. The number of amides is 3. The van der Waals surface area contributed by atoms with Gasteiger partial charge >= 0.3 is 0 Å². The number of nitrogens with one attached hydrogen (secondary N) is 3. The van der Waals surface area contributed by atoms with Gasteiger partial charge in [-0.2, -0.15) is 0 Å². The van der Waals surface area contributed by atoms with Crippen molar-refractivity contribution in [1.82, 2.24) is 10.6 Å². The zero-order valence-electron chi connectivity index (χ0n) is 13.9. The van der Waals surface area contributed by atoms with Crippen LogP contribution in [0.2, 0.25) is 0 Å². The Labute approximate surface area is 155 Å². The zero-order chi connectivity index (χ0) is 18.1.